The van der Waals surface area contributed by atoms with Crippen LogP contribution >= 0.6 is 0 Å². The summed E-state index contributed by atoms with van der Waals surface area (Å²) in [7, 11) is 1.50. The number of amides is 4. The van der Waals surface area contributed by atoms with E-state index in [4.69, 9.17) is 9.15 Å². The van der Waals surface area contributed by atoms with E-state index in [2.05, 4.69) is 10.4 Å². The van der Waals surface area contributed by atoms with Crippen molar-refractivity contribution in [2.45, 2.75) is 31.1 Å². The summed E-state index contributed by atoms with van der Waals surface area (Å²) in [6.45, 7) is 1.95. The lowest BCUT2D eigenvalue weighted by Crippen LogP contribution is -2.53. The van der Waals surface area contributed by atoms with Crippen molar-refractivity contribution in [3.63, 3.8) is 0 Å². The Bertz CT molecular complexity index is 2660. The largest absolute Gasteiger partial charge is 0.508 e. The molecule has 58 heavy (non-hydrogen) atoms. The molecule has 3 heterocycles. The molecule has 2 saturated heterocycles. The minimum absolute atomic E-state index is 0.109. The van der Waals surface area contributed by atoms with Gasteiger partial charge in [0.15, 0.2) is 5.58 Å². The number of hydrazine groups is 1. The maximum Gasteiger partial charge on any atom is 0.260 e. The smallest absolute Gasteiger partial charge is 0.260 e. The highest BCUT2D eigenvalue weighted by atomic mass is 16.5. The number of aromatic hydroxyl groups is 1. The van der Waals surface area contributed by atoms with E-state index in [9.17, 15) is 19.5 Å². The molecular formula is C47H38N4O7. The Morgan fingerprint density at radius 1 is 0.828 bits per heavy atom. The Labute approximate surface area is 333 Å². The highest BCUT2D eigenvalue weighted by Gasteiger charge is 2.70. The second kappa shape index (κ2) is 13.3. The lowest BCUT2D eigenvalue weighted by atomic mass is 9.49. The third-order valence-corrected chi connectivity index (χ3v) is 12.6. The van der Waals surface area contributed by atoms with Crippen LogP contribution in [0.25, 0.3) is 22.6 Å². The number of fused-ring (bicyclic) bond motifs is 5. The summed E-state index contributed by atoms with van der Waals surface area (Å²) in [5.41, 5.74) is 7.45. The van der Waals surface area contributed by atoms with E-state index < -0.39 is 46.8 Å². The number of aryl methyl sites for hydroxylation is 1. The summed E-state index contributed by atoms with van der Waals surface area (Å²) < 4.78 is 11.4. The van der Waals surface area contributed by atoms with Gasteiger partial charge in [0, 0.05) is 23.1 Å². The van der Waals surface area contributed by atoms with Crippen molar-refractivity contribution >= 4 is 46.1 Å². The predicted molar refractivity (Wildman–Crippen MR) is 215 cm³/mol. The summed E-state index contributed by atoms with van der Waals surface area (Å²) in [4.78, 5) is 65.3. The van der Waals surface area contributed by atoms with Crippen molar-refractivity contribution in [1.82, 2.24) is 9.99 Å². The number of ether oxygens (including phenoxy) is 1. The molecule has 5 aromatic carbocycles. The molecule has 6 aromatic rings. The number of hydrogen-bond donors (Lipinski definition) is 2. The molecule has 6 atom stereocenters. The van der Waals surface area contributed by atoms with E-state index in [1.807, 2.05) is 91.9 Å². The number of imide groups is 2. The van der Waals surface area contributed by atoms with E-state index >= 15 is 4.79 Å². The van der Waals surface area contributed by atoms with Crippen LogP contribution in [-0.4, -0.2) is 45.8 Å². The maximum atomic E-state index is 15.4. The maximum absolute atomic E-state index is 15.4. The molecule has 2 aliphatic heterocycles. The molecule has 11 heteroatoms. The van der Waals surface area contributed by atoms with Crippen LogP contribution in [0.2, 0.25) is 0 Å². The van der Waals surface area contributed by atoms with Gasteiger partial charge in [-0.1, -0.05) is 77.9 Å². The Morgan fingerprint density at radius 2 is 1.57 bits per heavy atom. The van der Waals surface area contributed by atoms with Crippen molar-refractivity contribution < 1.29 is 33.4 Å². The van der Waals surface area contributed by atoms with E-state index in [-0.39, 0.29) is 30.4 Å². The second-order valence-corrected chi connectivity index (χ2v) is 15.6. The number of allylic oxidation sites excluding steroid dienone is 2. The second-order valence-electron chi connectivity index (χ2n) is 15.6. The zero-order chi connectivity index (χ0) is 39.9. The number of methoxy groups -OCH3 is 1. The summed E-state index contributed by atoms with van der Waals surface area (Å²) in [5, 5.41) is 12.9. The summed E-state index contributed by atoms with van der Waals surface area (Å²) >= 11 is 0. The lowest BCUT2D eigenvalue weighted by Gasteiger charge is -2.50. The Kier molecular flexibility index (Phi) is 8.12. The standard InChI is InChI=1S/C47H38N4O7/c1-26-12-16-29(17-13-26)49-51-44(54)36-25-35-32(41(33-21-20-31(57-2)24-38(33)52)47(36,46(51)56)28-8-4-3-5-9-28)22-23-34-40(35)45(55)50(43(34)53)30-18-14-27(15-19-30)42-48-37-10-6-7-11-39(37)58-42/h3-22,24,34-36,40-41,49,52H,23,25H2,1-2H3. The van der Waals surface area contributed by atoms with Crippen LogP contribution in [-0.2, 0) is 24.6 Å². The van der Waals surface area contributed by atoms with Crippen LogP contribution in [0.5, 0.6) is 11.5 Å². The van der Waals surface area contributed by atoms with E-state index in [1.54, 1.807) is 36.4 Å². The first-order valence-corrected chi connectivity index (χ1v) is 19.4. The lowest BCUT2D eigenvalue weighted by molar-refractivity contribution is -0.138. The van der Waals surface area contributed by atoms with Crippen LogP contribution in [0.4, 0.5) is 11.4 Å². The van der Waals surface area contributed by atoms with Crippen LogP contribution in [0.1, 0.15) is 35.4 Å². The molecule has 6 unspecified atom stereocenters. The first kappa shape index (κ1) is 35.4. The number of benzene rings is 5. The van der Waals surface area contributed by atoms with Gasteiger partial charge in [0.2, 0.25) is 17.7 Å². The molecule has 11 nitrogen and oxygen atoms in total. The minimum Gasteiger partial charge on any atom is -0.508 e. The fourth-order valence-corrected chi connectivity index (χ4v) is 9.99. The van der Waals surface area contributed by atoms with Crippen molar-refractivity contribution in [1.29, 1.82) is 0 Å². The molecule has 4 amide bonds. The van der Waals surface area contributed by atoms with E-state index in [0.717, 1.165) is 21.7 Å². The van der Waals surface area contributed by atoms with Crippen LogP contribution in [0.15, 0.2) is 137 Å². The number of carbonyl (C=O) groups excluding carboxylic acids is 4. The zero-order valence-corrected chi connectivity index (χ0v) is 31.7. The van der Waals surface area contributed by atoms with Crippen molar-refractivity contribution in [3.05, 3.63) is 150 Å². The number of para-hydroxylation sites is 2. The number of anilines is 2. The third kappa shape index (κ3) is 5.15. The molecule has 2 N–H and O–H groups in total. The van der Waals surface area contributed by atoms with Gasteiger partial charge in [-0.3, -0.25) is 29.5 Å². The monoisotopic (exact) mass is 770 g/mol. The van der Waals surface area contributed by atoms with Gasteiger partial charge in [-0.2, -0.15) is 5.01 Å². The summed E-state index contributed by atoms with van der Waals surface area (Å²) in [6, 6.07) is 36.1. The van der Waals surface area contributed by atoms with Gasteiger partial charge in [0.1, 0.15) is 17.0 Å². The molecule has 1 aromatic heterocycles. The van der Waals surface area contributed by atoms with Crippen LogP contribution in [0, 0.1) is 30.6 Å². The normalized spacial score (nSPS) is 25.1. The zero-order valence-electron chi connectivity index (χ0n) is 31.7. The number of hydrogen-bond acceptors (Lipinski definition) is 9. The van der Waals surface area contributed by atoms with E-state index in [0.29, 0.717) is 45.3 Å². The average Bonchev–Trinajstić information content (AvgIpc) is 3.86. The molecule has 0 bridgehead atoms. The van der Waals surface area contributed by atoms with Crippen molar-refractivity contribution in [2.75, 3.05) is 17.4 Å². The van der Waals surface area contributed by atoms with Gasteiger partial charge < -0.3 is 14.3 Å². The number of phenolic OH excluding ortho intramolecular Hbond substituents is 1. The van der Waals surface area contributed by atoms with Crippen molar-refractivity contribution in [2.24, 2.45) is 23.7 Å². The predicted octanol–water partition coefficient (Wildman–Crippen LogP) is 7.71. The molecule has 0 radical (unpaired) electrons. The minimum atomic E-state index is -1.51. The topological polar surface area (TPSA) is 142 Å². The number of nitrogens with one attached hydrogen (secondary N) is 1. The number of phenols is 1. The Morgan fingerprint density at radius 3 is 2.29 bits per heavy atom. The van der Waals surface area contributed by atoms with Crippen molar-refractivity contribution in [3.8, 4) is 23.0 Å². The first-order chi connectivity index (χ1) is 28.2. The Balaban J connectivity index is 1.08. The number of carbonyl (C=O) groups is 4. The van der Waals surface area contributed by atoms with Crippen LogP contribution in [0.3, 0.4) is 0 Å². The molecular weight excluding hydrogens is 733 g/mol. The average molecular weight is 771 g/mol. The molecule has 1 saturated carbocycles. The van der Waals surface area contributed by atoms with Gasteiger partial charge in [-0.05, 0) is 85.8 Å². The highest BCUT2D eigenvalue weighted by Crippen LogP contribution is 2.65. The molecule has 0 spiro atoms. The number of aromatic nitrogens is 1. The number of rotatable bonds is 7. The van der Waals surface area contributed by atoms with Gasteiger partial charge >= 0.3 is 0 Å². The highest BCUT2D eigenvalue weighted by molar-refractivity contribution is 6.22. The fraction of sp³-hybridized carbons (Fsp3) is 0.213. The fourth-order valence-electron chi connectivity index (χ4n) is 9.99. The molecule has 10 rings (SSSR count). The molecule has 3 fully saturated rings. The van der Waals surface area contributed by atoms with Gasteiger partial charge in [0.25, 0.3) is 11.8 Å². The number of nitrogens with zero attached hydrogens (tertiary/aromatic N) is 3. The van der Waals surface area contributed by atoms with Crippen LogP contribution < -0.4 is 15.1 Å². The number of oxazole rings is 1. The first-order valence-electron chi connectivity index (χ1n) is 19.4. The Hall–Kier alpha value is -7.01. The van der Waals surface area contributed by atoms with E-state index in [1.165, 1.54) is 18.1 Å². The molecule has 4 aliphatic rings. The molecule has 288 valence electrons. The SMILES string of the molecule is COc1ccc(C2C3=CCC4C(=O)N(c5ccc(-c6nc7ccccc7o6)cc5)C(=O)C4C3CC3C(=O)N(Nc4ccc(C)cc4)C(=O)C32c2ccccc2)c(O)c1. The summed E-state index contributed by atoms with van der Waals surface area (Å²) in [6.07, 6.45) is 2.35. The summed E-state index contributed by atoms with van der Waals surface area (Å²) in [5.74, 6) is -4.77. The third-order valence-electron chi connectivity index (χ3n) is 12.6. The quantitative estimate of drug-likeness (QED) is 0.123. The van der Waals surface area contributed by atoms with Gasteiger partial charge in [-0.25, -0.2) is 4.98 Å². The molecule has 2 aliphatic carbocycles. The van der Waals surface area contributed by atoms with Gasteiger partial charge in [0.05, 0.1) is 41.7 Å². The van der Waals surface area contributed by atoms with Gasteiger partial charge in [-0.15, -0.1) is 0 Å².